The lowest BCUT2D eigenvalue weighted by Gasteiger charge is -2.29. The summed E-state index contributed by atoms with van der Waals surface area (Å²) in [5.41, 5.74) is 4.59. The number of carbonyl (C=O) groups is 1. The Morgan fingerprint density at radius 1 is 1.26 bits per heavy atom. The van der Waals surface area contributed by atoms with Crippen molar-refractivity contribution < 1.29 is 4.79 Å². The third-order valence-electron chi connectivity index (χ3n) is 4.67. The zero-order valence-corrected chi connectivity index (χ0v) is 16.0. The molecule has 4 rings (SSSR count). The summed E-state index contributed by atoms with van der Waals surface area (Å²) in [5, 5.41) is 10.3. The normalized spacial score (nSPS) is 14.5. The molecule has 0 saturated heterocycles. The molecule has 27 heavy (non-hydrogen) atoms. The molecule has 0 radical (unpaired) electrons. The van der Waals surface area contributed by atoms with Crippen LogP contribution in [-0.4, -0.2) is 38.7 Å². The minimum absolute atomic E-state index is 0.228. The van der Waals surface area contributed by atoms with Crippen LogP contribution in [0.25, 0.3) is 5.57 Å². The van der Waals surface area contributed by atoms with Crippen LogP contribution in [0.5, 0.6) is 0 Å². The molecule has 1 N–H and O–H groups in total. The van der Waals surface area contributed by atoms with Gasteiger partial charge >= 0.3 is 0 Å². The highest BCUT2D eigenvalue weighted by molar-refractivity contribution is 7.13. The van der Waals surface area contributed by atoms with E-state index in [9.17, 15) is 4.79 Å². The molecule has 1 aliphatic rings. The van der Waals surface area contributed by atoms with Crippen molar-refractivity contribution in [2.45, 2.75) is 13.3 Å². The molecule has 3 aromatic rings. The maximum absolute atomic E-state index is 12.6. The summed E-state index contributed by atoms with van der Waals surface area (Å²) in [5.74, 6) is -0.228. The summed E-state index contributed by atoms with van der Waals surface area (Å²) in [7, 11) is 1.88. The van der Waals surface area contributed by atoms with Gasteiger partial charge in [-0.15, -0.1) is 11.3 Å². The molecule has 0 saturated carbocycles. The standard InChI is InChI=1S/C19H20N6OS/c1-13-5-9-25(19-21-8-10-27-19)12-15(13)17-11-16(23-24(17)2)18(26)22-14-3-6-20-7-4-14/h3-4,6-8,10-11H,5,9,12H2,1-2H3,(H,20,22,26). The largest absolute Gasteiger partial charge is 0.343 e. The van der Waals surface area contributed by atoms with E-state index in [1.807, 2.05) is 24.7 Å². The number of hydrogen-bond acceptors (Lipinski definition) is 6. The molecule has 0 fully saturated rings. The quantitative estimate of drug-likeness (QED) is 0.752. The Morgan fingerprint density at radius 2 is 2.07 bits per heavy atom. The highest BCUT2D eigenvalue weighted by atomic mass is 32.1. The van der Waals surface area contributed by atoms with Crippen molar-refractivity contribution in [3.63, 3.8) is 0 Å². The van der Waals surface area contributed by atoms with Crippen molar-refractivity contribution in [1.82, 2.24) is 19.7 Å². The van der Waals surface area contributed by atoms with Gasteiger partial charge in [-0.1, -0.05) is 5.57 Å². The predicted molar refractivity (Wildman–Crippen MR) is 107 cm³/mol. The maximum Gasteiger partial charge on any atom is 0.276 e. The highest BCUT2D eigenvalue weighted by Gasteiger charge is 2.23. The Kier molecular flexibility index (Phi) is 4.72. The number of anilines is 2. The van der Waals surface area contributed by atoms with Gasteiger partial charge in [0, 0.05) is 49.8 Å². The van der Waals surface area contributed by atoms with E-state index in [2.05, 4.69) is 32.2 Å². The first-order chi connectivity index (χ1) is 13.1. The second-order valence-corrected chi connectivity index (χ2v) is 7.35. The van der Waals surface area contributed by atoms with Gasteiger partial charge in [0.25, 0.3) is 5.91 Å². The SMILES string of the molecule is CC1=C(c2cc(C(=O)Nc3ccncc3)nn2C)CN(c2nccs2)CC1. The van der Waals surface area contributed by atoms with Gasteiger partial charge in [-0.05, 0) is 37.1 Å². The van der Waals surface area contributed by atoms with Gasteiger partial charge in [-0.3, -0.25) is 14.5 Å². The van der Waals surface area contributed by atoms with Crippen molar-refractivity contribution >= 4 is 33.6 Å². The van der Waals surface area contributed by atoms with Crippen LogP contribution in [0, 0.1) is 0 Å². The van der Waals surface area contributed by atoms with Crippen LogP contribution in [0.1, 0.15) is 29.5 Å². The van der Waals surface area contributed by atoms with Gasteiger partial charge in [0.05, 0.1) is 5.69 Å². The first kappa shape index (κ1) is 17.4. The molecule has 0 atom stereocenters. The van der Waals surface area contributed by atoms with Crippen LogP contribution in [0.2, 0.25) is 0 Å². The molecule has 1 aliphatic heterocycles. The molecule has 0 spiro atoms. The number of amides is 1. The average Bonchev–Trinajstić information content (AvgIpc) is 3.33. The van der Waals surface area contributed by atoms with E-state index >= 15 is 0 Å². The number of hydrogen-bond donors (Lipinski definition) is 1. The zero-order chi connectivity index (χ0) is 18.8. The lowest BCUT2D eigenvalue weighted by Crippen LogP contribution is -2.31. The van der Waals surface area contributed by atoms with Gasteiger partial charge in [0.1, 0.15) is 0 Å². The molecule has 0 aromatic carbocycles. The summed E-state index contributed by atoms with van der Waals surface area (Å²) in [6.45, 7) is 3.87. The number of thiazole rings is 1. The van der Waals surface area contributed by atoms with E-state index < -0.39 is 0 Å². The molecule has 138 valence electrons. The molecule has 1 amide bonds. The minimum atomic E-state index is -0.228. The fourth-order valence-corrected chi connectivity index (χ4v) is 3.85. The van der Waals surface area contributed by atoms with E-state index in [0.717, 1.165) is 30.3 Å². The molecule has 7 nitrogen and oxygen atoms in total. The molecule has 8 heteroatoms. The topological polar surface area (TPSA) is 75.9 Å². The number of nitrogens with zero attached hydrogens (tertiary/aromatic N) is 5. The molecule has 0 bridgehead atoms. The number of carbonyl (C=O) groups excluding carboxylic acids is 1. The van der Waals surface area contributed by atoms with E-state index in [0.29, 0.717) is 11.4 Å². The van der Waals surface area contributed by atoms with Gasteiger partial charge in [-0.25, -0.2) is 4.98 Å². The monoisotopic (exact) mass is 380 g/mol. The fraction of sp³-hybridized carbons (Fsp3) is 0.263. The molecular formula is C19H20N6OS. The van der Waals surface area contributed by atoms with E-state index in [1.165, 1.54) is 11.1 Å². The molecule has 0 aliphatic carbocycles. The average molecular weight is 380 g/mol. The van der Waals surface area contributed by atoms with Crippen molar-refractivity contribution in [3.05, 3.63) is 59.1 Å². The summed E-state index contributed by atoms with van der Waals surface area (Å²) in [6, 6.07) is 5.36. The first-order valence-electron chi connectivity index (χ1n) is 8.70. The van der Waals surface area contributed by atoms with Crippen molar-refractivity contribution in [2.75, 3.05) is 23.3 Å². The summed E-state index contributed by atoms with van der Waals surface area (Å²) >= 11 is 1.64. The number of aryl methyl sites for hydroxylation is 1. The van der Waals surface area contributed by atoms with Crippen LogP contribution >= 0.6 is 11.3 Å². The lowest BCUT2D eigenvalue weighted by molar-refractivity contribution is 0.102. The van der Waals surface area contributed by atoms with Crippen LogP contribution in [0.4, 0.5) is 10.8 Å². The van der Waals surface area contributed by atoms with Gasteiger partial charge in [0.2, 0.25) is 0 Å². The third kappa shape index (κ3) is 3.61. The lowest BCUT2D eigenvalue weighted by atomic mass is 9.99. The van der Waals surface area contributed by atoms with Crippen LogP contribution in [0.3, 0.4) is 0 Å². The number of rotatable bonds is 4. The second-order valence-electron chi connectivity index (χ2n) is 6.47. The minimum Gasteiger partial charge on any atom is -0.343 e. The Balaban J connectivity index is 1.58. The van der Waals surface area contributed by atoms with Crippen LogP contribution in [-0.2, 0) is 7.05 Å². The van der Waals surface area contributed by atoms with E-state index in [-0.39, 0.29) is 5.91 Å². The molecule has 0 unspecified atom stereocenters. The van der Waals surface area contributed by atoms with Crippen LogP contribution < -0.4 is 10.2 Å². The van der Waals surface area contributed by atoms with Crippen molar-refractivity contribution in [2.24, 2.45) is 7.05 Å². The summed E-state index contributed by atoms with van der Waals surface area (Å²) in [4.78, 5) is 23.2. The summed E-state index contributed by atoms with van der Waals surface area (Å²) < 4.78 is 1.78. The Morgan fingerprint density at radius 3 is 2.81 bits per heavy atom. The van der Waals surface area contributed by atoms with Crippen molar-refractivity contribution in [3.8, 4) is 0 Å². The van der Waals surface area contributed by atoms with Crippen LogP contribution in [0.15, 0.2) is 47.7 Å². The number of nitrogens with one attached hydrogen (secondary N) is 1. The Bertz CT molecular complexity index is 977. The summed E-state index contributed by atoms with van der Waals surface area (Å²) in [6.07, 6.45) is 6.08. The van der Waals surface area contributed by atoms with Crippen molar-refractivity contribution in [1.29, 1.82) is 0 Å². The third-order valence-corrected chi connectivity index (χ3v) is 5.50. The number of aromatic nitrogens is 4. The van der Waals surface area contributed by atoms with Gasteiger partial charge < -0.3 is 10.2 Å². The molecular weight excluding hydrogens is 360 g/mol. The Labute approximate surface area is 161 Å². The molecule has 3 aromatic heterocycles. The second kappa shape index (κ2) is 7.32. The zero-order valence-electron chi connectivity index (χ0n) is 15.2. The van der Waals surface area contributed by atoms with E-state index in [1.54, 1.807) is 40.5 Å². The van der Waals surface area contributed by atoms with Gasteiger partial charge in [-0.2, -0.15) is 5.10 Å². The predicted octanol–water partition coefficient (Wildman–Crippen LogP) is 3.21. The number of pyridine rings is 1. The maximum atomic E-state index is 12.6. The van der Waals surface area contributed by atoms with E-state index in [4.69, 9.17) is 0 Å². The van der Waals surface area contributed by atoms with Gasteiger partial charge in [0.15, 0.2) is 10.8 Å². The molecule has 4 heterocycles. The smallest absolute Gasteiger partial charge is 0.276 e. The first-order valence-corrected chi connectivity index (χ1v) is 9.58. The fourth-order valence-electron chi connectivity index (χ4n) is 3.18. The Hall–Kier alpha value is -3.00. The highest BCUT2D eigenvalue weighted by Crippen LogP contribution is 2.30.